The van der Waals surface area contributed by atoms with E-state index in [1.165, 1.54) is 18.2 Å². The minimum absolute atomic E-state index is 0.0394. The Morgan fingerprint density at radius 1 is 1.17 bits per heavy atom. The SMILES string of the molecule is O=C(Nc1ccc(I)cc1)c1ccc(O)c(Cl)c1. The van der Waals surface area contributed by atoms with E-state index in [1.807, 2.05) is 24.3 Å². The van der Waals surface area contributed by atoms with E-state index >= 15 is 0 Å². The second-order valence-electron chi connectivity index (χ2n) is 3.63. The lowest BCUT2D eigenvalue weighted by molar-refractivity contribution is 0.102. The van der Waals surface area contributed by atoms with Crippen LogP contribution in [0.15, 0.2) is 42.5 Å². The summed E-state index contributed by atoms with van der Waals surface area (Å²) in [5, 5.41) is 12.2. The minimum Gasteiger partial charge on any atom is -0.506 e. The summed E-state index contributed by atoms with van der Waals surface area (Å²) in [4.78, 5) is 11.9. The summed E-state index contributed by atoms with van der Waals surface area (Å²) < 4.78 is 1.10. The first kappa shape index (κ1) is 13.2. The maximum Gasteiger partial charge on any atom is 0.255 e. The van der Waals surface area contributed by atoms with Gasteiger partial charge in [0.05, 0.1) is 5.02 Å². The molecule has 5 heteroatoms. The van der Waals surface area contributed by atoms with Gasteiger partial charge in [0, 0.05) is 14.8 Å². The number of phenols is 1. The molecule has 0 radical (unpaired) electrons. The first-order chi connectivity index (χ1) is 8.56. The fraction of sp³-hybridized carbons (Fsp3) is 0. The van der Waals surface area contributed by atoms with Gasteiger partial charge in [-0.05, 0) is 65.1 Å². The Balaban J connectivity index is 2.16. The van der Waals surface area contributed by atoms with Gasteiger partial charge in [0.1, 0.15) is 5.75 Å². The van der Waals surface area contributed by atoms with E-state index in [1.54, 1.807) is 0 Å². The van der Waals surface area contributed by atoms with E-state index in [-0.39, 0.29) is 16.7 Å². The highest BCUT2D eigenvalue weighted by Gasteiger charge is 2.08. The monoisotopic (exact) mass is 373 g/mol. The molecule has 0 saturated heterocycles. The topological polar surface area (TPSA) is 49.3 Å². The van der Waals surface area contributed by atoms with Gasteiger partial charge in [-0.1, -0.05) is 11.6 Å². The molecule has 0 fully saturated rings. The lowest BCUT2D eigenvalue weighted by atomic mass is 10.2. The lowest BCUT2D eigenvalue weighted by Gasteiger charge is -2.06. The van der Waals surface area contributed by atoms with Crippen LogP contribution in [0.2, 0.25) is 5.02 Å². The predicted octanol–water partition coefficient (Wildman–Crippen LogP) is 3.90. The summed E-state index contributed by atoms with van der Waals surface area (Å²) in [6.07, 6.45) is 0. The summed E-state index contributed by atoms with van der Waals surface area (Å²) in [7, 11) is 0. The van der Waals surface area contributed by atoms with Crippen molar-refractivity contribution in [1.82, 2.24) is 0 Å². The number of nitrogens with one attached hydrogen (secondary N) is 1. The zero-order valence-corrected chi connectivity index (χ0v) is 12.1. The van der Waals surface area contributed by atoms with Crippen molar-refractivity contribution in [3.8, 4) is 5.75 Å². The van der Waals surface area contributed by atoms with E-state index < -0.39 is 0 Å². The van der Waals surface area contributed by atoms with Gasteiger partial charge < -0.3 is 10.4 Å². The predicted molar refractivity (Wildman–Crippen MR) is 80.2 cm³/mol. The van der Waals surface area contributed by atoms with Gasteiger partial charge >= 0.3 is 0 Å². The fourth-order valence-electron chi connectivity index (χ4n) is 1.38. The summed E-state index contributed by atoms with van der Waals surface area (Å²) in [5.41, 5.74) is 1.11. The molecule has 92 valence electrons. The number of phenolic OH excluding ortho intramolecular Hbond substituents is 1. The molecule has 0 aliphatic rings. The van der Waals surface area contributed by atoms with Crippen molar-refractivity contribution in [2.45, 2.75) is 0 Å². The third-order valence-electron chi connectivity index (χ3n) is 2.31. The molecular weight excluding hydrogens is 365 g/mol. The van der Waals surface area contributed by atoms with Crippen LogP contribution in [0, 0.1) is 3.57 Å². The van der Waals surface area contributed by atoms with Crippen molar-refractivity contribution < 1.29 is 9.90 Å². The Morgan fingerprint density at radius 3 is 2.44 bits per heavy atom. The summed E-state index contributed by atoms with van der Waals surface area (Å²) >= 11 is 7.94. The lowest BCUT2D eigenvalue weighted by Crippen LogP contribution is -2.11. The molecule has 0 spiro atoms. The van der Waals surface area contributed by atoms with E-state index in [9.17, 15) is 9.90 Å². The Labute approximate surface area is 123 Å². The minimum atomic E-state index is -0.266. The summed E-state index contributed by atoms with van der Waals surface area (Å²) in [6, 6.07) is 11.8. The third-order valence-corrected chi connectivity index (χ3v) is 3.33. The molecule has 0 heterocycles. The number of rotatable bonds is 2. The number of hydrogen-bond acceptors (Lipinski definition) is 2. The molecule has 1 amide bonds. The molecule has 2 aromatic carbocycles. The zero-order valence-electron chi connectivity index (χ0n) is 9.15. The zero-order chi connectivity index (χ0) is 13.1. The average molecular weight is 374 g/mol. The second-order valence-corrected chi connectivity index (χ2v) is 5.28. The van der Waals surface area contributed by atoms with Gasteiger partial charge in [0.2, 0.25) is 0 Å². The van der Waals surface area contributed by atoms with Gasteiger partial charge in [-0.15, -0.1) is 0 Å². The van der Waals surface area contributed by atoms with Crippen LogP contribution in [-0.4, -0.2) is 11.0 Å². The number of halogens is 2. The molecule has 2 N–H and O–H groups in total. The van der Waals surface area contributed by atoms with Crippen LogP contribution in [0.3, 0.4) is 0 Å². The van der Waals surface area contributed by atoms with E-state index in [0.717, 1.165) is 3.57 Å². The van der Waals surface area contributed by atoms with Gasteiger partial charge in [-0.2, -0.15) is 0 Å². The molecule has 0 bridgehead atoms. The number of hydrogen-bond donors (Lipinski definition) is 2. The van der Waals surface area contributed by atoms with Crippen molar-refractivity contribution in [2.24, 2.45) is 0 Å². The van der Waals surface area contributed by atoms with Crippen LogP contribution in [0.1, 0.15) is 10.4 Å². The average Bonchev–Trinajstić information content (AvgIpc) is 2.35. The van der Waals surface area contributed by atoms with Crippen molar-refractivity contribution in [1.29, 1.82) is 0 Å². The molecule has 0 unspecified atom stereocenters. The number of aromatic hydroxyl groups is 1. The first-order valence-corrected chi connectivity index (χ1v) is 6.57. The number of amides is 1. The molecule has 0 saturated carbocycles. The number of benzene rings is 2. The van der Waals surface area contributed by atoms with Crippen LogP contribution in [0.5, 0.6) is 5.75 Å². The number of carbonyl (C=O) groups excluding carboxylic acids is 1. The highest BCUT2D eigenvalue weighted by Crippen LogP contribution is 2.24. The normalized spacial score (nSPS) is 10.1. The Bertz CT molecular complexity index is 584. The summed E-state index contributed by atoms with van der Waals surface area (Å²) in [5.74, 6) is -0.305. The van der Waals surface area contributed by atoms with Gasteiger partial charge in [-0.25, -0.2) is 0 Å². The highest BCUT2D eigenvalue weighted by molar-refractivity contribution is 14.1. The molecule has 0 atom stereocenters. The highest BCUT2D eigenvalue weighted by atomic mass is 127. The third kappa shape index (κ3) is 3.14. The quantitative estimate of drug-likeness (QED) is 0.784. The maximum atomic E-state index is 11.9. The largest absolute Gasteiger partial charge is 0.506 e. The maximum absolute atomic E-state index is 11.9. The molecule has 0 aromatic heterocycles. The fourth-order valence-corrected chi connectivity index (χ4v) is 1.92. The molecule has 3 nitrogen and oxygen atoms in total. The molecule has 18 heavy (non-hydrogen) atoms. The molecule has 2 rings (SSSR count). The van der Waals surface area contributed by atoms with Crippen LogP contribution >= 0.6 is 34.2 Å². The molecular formula is C13H9ClINO2. The molecule has 0 aliphatic heterocycles. The Hall–Kier alpha value is -1.27. The molecule has 0 aliphatic carbocycles. The Morgan fingerprint density at radius 2 is 1.83 bits per heavy atom. The van der Waals surface area contributed by atoms with Crippen LogP contribution in [-0.2, 0) is 0 Å². The van der Waals surface area contributed by atoms with Gasteiger partial charge in [0.15, 0.2) is 0 Å². The second kappa shape index (κ2) is 5.58. The van der Waals surface area contributed by atoms with E-state index in [0.29, 0.717) is 11.3 Å². The molecule has 2 aromatic rings. The standard InChI is InChI=1S/C13H9ClINO2/c14-11-7-8(1-6-12(11)17)13(18)16-10-4-2-9(15)3-5-10/h1-7,17H,(H,16,18). The number of carbonyl (C=O) groups is 1. The smallest absolute Gasteiger partial charge is 0.255 e. The summed E-state index contributed by atoms with van der Waals surface area (Å²) in [6.45, 7) is 0. The number of anilines is 1. The van der Waals surface area contributed by atoms with Crippen LogP contribution in [0.4, 0.5) is 5.69 Å². The Kier molecular flexibility index (Phi) is 4.08. The van der Waals surface area contributed by atoms with Gasteiger partial charge in [0.25, 0.3) is 5.91 Å². The van der Waals surface area contributed by atoms with E-state index in [4.69, 9.17) is 11.6 Å². The van der Waals surface area contributed by atoms with Crippen LogP contribution in [0.25, 0.3) is 0 Å². The van der Waals surface area contributed by atoms with Crippen molar-refractivity contribution >= 4 is 45.8 Å². The first-order valence-electron chi connectivity index (χ1n) is 5.12. The van der Waals surface area contributed by atoms with Crippen LogP contribution < -0.4 is 5.32 Å². The van der Waals surface area contributed by atoms with Crippen molar-refractivity contribution in [2.75, 3.05) is 5.32 Å². The van der Waals surface area contributed by atoms with Crippen molar-refractivity contribution in [3.05, 3.63) is 56.6 Å². The van der Waals surface area contributed by atoms with E-state index in [2.05, 4.69) is 27.9 Å². The van der Waals surface area contributed by atoms with Crippen molar-refractivity contribution in [3.63, 3.8) is 0 Å². The van der Waals surface area contributed by atoms with Gasteiger partial charge in [-0.3, -0.25) is 4.79 Å².